The third-order valence-electron chi connectivity index (χ3n) is 5.19. The zero-order chi connectivity index (χ0) is 17.1. The van der Waals surface area contributed by atoms with E-state index in [1.165, 1.54) is 0 Å². The Hall–Kier alpha value is -2.15. The van der Waals surface area contributed by atoms with Crippen LogP contribution in [0.3, 0.4) is 0 Å². The number of sulfone groups is 1. The van der Waals surface area contributed by atoms with E-state index >= 15 is 0 Å². The van der Waals surface area contributed by atoms with Gasteiger partial charge in [0.1, 0.15) is 0 Å². The minimum absolute atomic E-state index is 0.0193. The van der Waals surface area contributed by atoms with E-state index < -0.39 is 9.84 Å². The van der Waals surface area contributed by atoms with Gasteiger partial charge in [-0.05, 0) is 49.9 Å². The minimum Gasteiger partial charge on any atom is -0.326 e. The molecule has 2 atom stereocenters. The molecule has 6 nitrogen and oxygen atoms in total. The van der Waals surface area contributed by atoms with Crippen LogP contribution in [0.25, 0.3) is 5.69 Å². The molecule has 1 amide bonds. The second-order valence-corrected chi connectivity index (χ2v) is 8.91. The number of hydrogen-bond acceptors (Lipinski definition) is 4. The topological polar surface area (TPSA) is 81.1 Å². The zero-order valence-corrected chi connectivity index (χ0v) is 14.4. The Labute approximate surface area is 140 Å². The van der Waals surface area contributed by atoms with Gasteiger partial charge >= 0.3 is 0 Å². The number of imidazole rings is 1. The Morgan fingerprint density at radius 2 is 1.79 bits per heavy atom. The third kappa shape index (κ3) is 2.53. The number of nitrogens with one attached hydrogen (secondary N) is 1. The molecule has 1 N–H and O–H groups in total. The molecular formula is C17H19N3O3S. The van der Waals surface area contributed by atoms with Gasteiger partial charge < -0.3 is 9.88 Å². The van der Waals surface area contributed by atoms with E-state index in [-0.39, 0.29) is 35.2 Å². The highest BCUT2D eigenvalue weighted by atomic mass is 32.2. The van der Waals surface area contributed by atoms with Crippen molar-refractivity contribution in [3.05, 3.63) is 42.0 Å². The summed E-state index contributed by atoms with van der Waals surface area (Å²) in [6, 6.07) is 7.58. The standard InChI is InChI=1S/C17H19N3O3S/c1-10-11(2)20(9-18-10)13-5-3-12(4-6-13)19-17(21)16-14-7-24(22,23)8-15(14)16/h3-6,9,14-16H,7-8H2,1-2H3,(H,19,21). The monoisotopic (exact) mass is 345 g/mol. The summed E-state index contributed by atoms with van der Waals surface area (Å²) in [5.74, 6) is 0.146. The average Bonchev–Trinajstić information content (AvgIpc) is 2.89. The van der Waals surface area contributed by atoms with Crippen LogP contribution in [-0.4, -0.2) is 35.4 Å². The molecule has 4 rings (SSSR count). The summed E-state index contributed by atoms with van der Waals surface area (Å²) >= 11 is 0. The van der Waals surface area contributed by atoms with E-state index in [9.17, 15) is 13.2 Å². The molecular weight excluding hydrogens is 326 g/mol. The average molecular weight is 345 g/mol. The fourth-order valence-electron chi connectivity index (χ4n) is 3.63. The fourth-order valence-corrected chi connectivity index (χ4v) is 5.85. The molecule has 2 fully saturated rings. The Kier molecular flexibility index (Phi) is 3.32. The Balaban J connectivity index is 1.43. The molecule has 1 aliphatic carbocycles. The second-order valence-electron chi connectivity index (χ2n) is 6.75. The van der Waals surface area contributed by atoms with Crippen LogP contribution in [0, 0.1) is 31.6 Å². The van der Waals surface area contributed by atoms with Gasteiger partial charge in [-0.2, -0.15) is 0 Å². The molecule has 1 aliphatic heterocycles. The molecule has 7 heteroatoms. The van der Waals surface area contributed by atoms with Gasteiger partial charge in [0.05, 0.1) is 23.5 Å². The van der Waals surface area contributed by atoms with Crippen LogP contribution in [0.15, 0.2) is 30.6 Å². The van der Waals surface area contributed by atoms with E-state index in [2.05, 4.69) is 10.3 Å². The maximum Gasteiger partial charge on any atom is 0.228 e. The number of carbonyl (C=O) groups excluding carboxylic acids is 1. The summed E-state index contributed by atoms with van der Waals surface area (Å²) in [7, 11) is -2.91. The largest absolute Gasteiger partial charge is 0.326 e. The van der Waals surface area contributed by atoms with Crippen molar-refractivity contribution >= 4 is 21.4 Å². The van der Waals surface area contributed by atoms with Crippen molar-refractivity contribution in [3.63, 3.8) is 0 Å². The molecule has 1 aromatic carbocycles. The van der Waals surface area contributed by atoms with Crippen molar-refractivity contribution in [2.75, 3.05) is 16.8 Å². The van der Waals surface area contributed by atoms with Gasteiger partial charge in [-0.1, -0.05) is 0 Å². The number of aromatic nitrogens is 2. The quantitative estimate of drug-likeness (QED) is 0.918. The lowest BCUT2D eigenvalue weighted by molar-refractivity contribution is -0.117. The van der Waals surface area contributed by atoms with E-state index in [1.54, 1.807) is 6.33 Å². The highest BCUT2D eigenvalue weighted by Crippen LogP contribution is 2.53. The van der Waals surface area contributed by atoms with E-state index in [0.717, 1.165) is 22.8 Å². The maximum absolute atomic E-state index is 12.3. The van der Waals surface area contributed by atoms with Gasteiger partial charge in [-0.3, -0.25) is 4.79 Å². The molecule has 1 saturated carbocycles. The van der Waals surface area contributed by atoms with Crippen LogP contribution in [-0.2, 0) is 14.6 Å². The van der Waals surface area contributed by atoms with Gasteiger partial charge in [0.2, 0.25) is 5.91 Å². The normalized spacial score (nSPS) is 26.8. The fraction of sp³-hybridized carbons (Fsp3) is 0.412. The number of benzene rings is 1. The van der Waals surface area contributed by atoms with Crippen LogP contribution >= 0.6 is 0 Å². The molecule has 2 heterocycles. The lowest BCUT2D eigenvalue weighted by Crippen LogP contribution is -2.21. The molecule has 1 saturated heterocycles. The smallest absolute Gasteiger partial charge is 0.228 e. The molecule has 2 unspecified atom stereocenters. The highest BCUT2D eigenvalue weighted by Gasteiger charge is 2.61. The third-order valence-corrected chi connectivity index (χ3v) is 6.98. The molecule has 1 aromatic heterocycles. The van der Waals surface area contributed by atoms with E-state index in [0.29, 0.717) is 0 Å². The number of carbonyl (C=O) groups is 1. The van der Waals surface area contributed by atoms with Crippen molar-refractivity contribution in [2.45, 2.75) is 13.8 Å². The van der Waals surface area contributed by atoms with Gasteiger partial charge in [0, 0.05) is 23.0 Å². The van der Waals surface area contributed by atoms with Crippen molar-refractivity contribution in [2.24, 2.45) is 17.8 Å². The van der Waals surface area contributed by atoms with Crippen molar-refractivity contribution < 1.29 is 13.2 Å². The van der Waals surface area contributed by atoms with Gasteiger partial charge in [-0.15, -0.1) is 0 Å². The lowest BCUT2D eigenvalue weighted by atomic mass is 10.2. The minimum atomic E-state index is -2.91. The SMILES string of the molecule is Cc1ncn(-c2ccc(NC(=O)C3C4CS(=O)(=O)CC43)cc2)c1C. The number of fused-ring (bicyclic) bond motifs is 1. The summed E-state index contributed by atoms with van der Waals surface area (Å²) in [4.78, 5) is 16.6. The molecule has 0 radical (unpaired) electrons. The number of amides is 1. The maximum atomic E-state index is 12.3. The summed E-state index contributed by atoms with van der Waals surface area (Å²) in [6.07, 6.45) is 1.78. The van der Waals surface area contributed by atoms with Crippen molar-refractivity contribution in [1.82, 2.24) is 9.55 Å². The lowest BCUT2D eigenvalue weighted by Gasteiger charge is -2.09. The van der Waals surface area contributed by atoms with Gasteiger partial charge in [-0.25, -0.2) is 13.4 Å². The summed E-state index contributed by atoms with van der Waals surface area (Å²) in [6.45, 7) is 3.98. The summed E-state index contributed by atoms with van der Waals surface area (Å²) in [5.41, 5.74) is 3.79. The van der Waals surface area contributed by atoms with Crippen molar-refractivity contribution in [3.8, 4) is 5.69 Å². The van der Waals surface area contributed by atoms with Gasteiger partial charge in [0.15, 0.2) is 9.84 Å². The molecule has 24 heavy (non-hydrogen) atoms. The molecule has 0 bridgehead atoms. The predicted molar refractivity (Wildman–Crippen MR) is 90.8 cm³/mol. The first-order chi connectivity index (χ1) is 11.4. The number of nitrogens with zero attached hydrogens (tertiary/aromatic N) is 2. The van der Waals surface area contributed by atoms with Crippen LogP contribution in [0.5, 0.6) is 0 Å². The molecule has 126 valence electrons. The number of aryl methyl sites for hydroxylation is 1. The molecule has 2 aromatic rings. The van der Waals surface area contributed by atoms with Crippen LogP contribution in [0.4, 0.5) is 5.69 Å². The first-order valence-electron chi connectivity index (χ1n) is 7.98. The van der Waals surface area contributed by atoms with Crippen molar-refractivity contribution in [1.29, 1.82) is 0 Å². The van der Waals surface area contributed by atoms with Gasteiger partial charge in [0.25, 0.3) is 0 Å². The summed E-state index contributed by atoms with van der Waals surface area (Å²) < 4.78 is 24.9. The van der Waals surface area contributed by atoms with E-state index in [1.807, 2.05) is 42.7 Å². The number of hydrogen-bond donors (Lipinski definition) is 1. The highest BCUT2D eigenvalue weighted by molar-refractivity contribution is 7.91. The number of rotatable bonds is 3. The zero-order valence-electron chi connectivity index (χ0n) is 13.6. The van der Waals surface area contributed by atoms with E-state index in [4.69, 9.17) is 0 Å². The van der Waals surface area contributed by atoms with Crippen LogP contribution in [0.1, 0.15) is 11.4 Å². The Morgan fingerprint density at radius 1 is 1.17 bits per heavy atom. The number of anilines is 1. The molecule has 0 spiro atoms. The second kappa shape index (κ2) is 5.17. The Bertz CT molecular complexity index is 897. The first kappa shape index (κ1) is 15.4. The van der Waals surface area contributed by atoms with Crippen LogP contribution in [0.2, 0.25) is 0 Å². The van der Waals surface area contributed by atoms with Crippen LogP contribution < -0.4 is 5.32 Å². The summed E-state index contributed by atoms with van der Waals surface area (Å²) in [5, 5.41) is 2.90. The molecule has 2 aliphatic rings. The Morgan fingerprint density at radius 3 is 2.33 bits per heavy atom. The predicted octanol–water partition coefficient (Wildman–Crippen LogP) is 1.72. The first-order valence-corrected chi connectivity index (χ1v) is 9.80.